The van der Waals surface area contributed by atoms with Gasteiger partial charge in [-0.15, -0.1) is 0 Å². The third kappa shape index (κ3) is 3.54. The predicted octanol–water partition coefficient (Wildman–Crippen LogP) is 5.02. The minimum absolute atomic E-state index is 0.0332. The van der Waals surface area contributed by atoms with Crippen molar-refractivity contribution in [2.75, 3.05) is 0 Å². The summed E-state index contributed by atoms with van der Waals surface area (Å²) in [6.45, 7) is 6.85. The van der Waals surface area contributed by atoms with E-state index in [9.17, 15) is 27.6 Å². The van der Waals surface area contributed by atoms with Gasteiger partial charge in [0.25, 0.3) is 0 Å². The molecule has 3 aliphatic carbocycles. The largest absolute Gasteiger partial charge is 0.450 e. The van der Waals surface area contributed by atoms with Crippen molar-refractivity contribution in [2.45, 2.75) is 84.9 Å². The highest BCUT2D eigenvalue weighted by atomic mass is 19.4. The summed E-state index contributed by atoms with van der Waals surface area (Å²) in [4.78, 5) is 37.0. The Hall–Kier alpha value is -1.66. The highest BCUT2D eigenvalue weighted by molar-refractivity contribution is 5.94. The van der Waals surface area contributed by atoms with Crippen molar-refractivity contribution in [3.8, 4) is 0 Å². The van der Waals surface area contributed by atoms with Gasteiger partial charge in [0.15, 0.2) is 0 Å². The van der Waals surface area contributed by atoms with Crippen LogP contribution in [0.25, 0.3) is 0 Å². The van der Waals surface area contributed by atoms with Gasteiger partial charge in [-0.1, -0.05) is 33.8 Å². The third-order valence-corrected chi connectivity index (χ3v) is 9.56. The fourth-order valence-electron chi connectivity index (χ4n) is 7.89. The van der Waals surface area contributed by atoms with Crippen LogP contribution < -0.4 is 5.32 Å². The van der Waals surface area contributed by atoms with Crippen LogP contribution in [0.3, 0.4) is 0 Å². The summed E-state index contributed by atoms with van der Waals surface area (Å²) in [5, 5.41) is 3.13. The first-order valence-corrected chi connectivity index (χ1v) is 11.8. The van der Waals surface area contributed by atoms with Crippen molar-refractivity contribution in [3.05, 3.63) is 12.2 Å². The Morgan fingerprint density at radius 3 is 2.41 bits per heavy atom. The Labute approximate surface area is 187 Å². The number of nitrogens with one attached hydrogen (secondary N) is 1. The Morgan fingerprint density at radius 1 is 1.06 bits per heavy atom. The molecular formula is C25H34F3NO3. The molecule has 0 bridgehead atoms. The fourth-order valence-corrected chi connectivity index (χ4v) is 7.89. The topological polar surface area (TPSA) is 63.2 Å². The molecule has 0 aromatic heterocycles. The van der Waals surface area contributed by atoms with E-state index in [1.54, 1.807) is 6.08 Å². The van der Waals surface area contributed by atoms with E-state index in [1.165, 1.54) is 13.8 Å². The van der Waals surface area contributed by atoms with Gasteiger partial charge in [-0.3, -0.25) is 14.4 Å². The monoisotopic (exact) mass is 453 g/mol. The molecule has 0 saturated heterocycles. The van der Waals surface area contributed by atoms with Crippen LogP contribution in [0.1, 0.15) is 72.6 Å². The Balaban J connectivity index is 1.53. The van der Waals surface area contributed by atoms with Gasteiger partial charge >= 0.3 is 6.18 Å². The van der Waals surface area contributed by atoms with E-state index in [0.717, 1.165) is 32.1 Å². The lowest BCUT2D eigenvalue weighted by atomic mass is 9.47. The lowest BCUT2D eigenvalue weighted by molar-refractivity contribution is -0.181. The van der Waals surface area contributed by atoms with Crippen molar-refractivity contribution in [1.82, 2.24) is 5.32 Å². The van der Waals surface area contributed by atoms with E-state index in [4.69, 9.17) is 0 Å². The van der Waals surface area contributed by atoms with Crippen LogP contribution in [0.15, 0.2) is 12.2 Å². The molecule has 4 rings (SSSR count). The molecule has 1 amide bonds. The predicted molar refractivity (Wildman–Crippen MR) is 113 cm³/mol. The molecule has 4 aliphatic rings. The zero-order valence-corrected chi connectivity index (χ0v) is 19.3. The molecule has 1 N–H and O–H groups in total. The van der Waals surface area contributed by atoms with E-state index < -0.39 is 17.4 Å². The Morgan fingerprint density at radius 2 is 1.75 bits per heavy atom. The average molecular weight is 454 g/mol. The van der Waals surface area contributed by atoms with Gasteiger partial charge < -0.3 is 5.32 Å². The quantitative estimate of drug-likeness (QED) is 0.650. The first-order chi connectivity index (χ1) is 14.7. The van der Waals surface area contributed by atoms with E-state index in [2.05, 4.69) is 25.2 Å². The number of ketones is 2. The van der Waals surface area contributed by atoms with Crippen LogP contribution in [0.4, 0.5) is 13.2 Å². The number of halogens is 3. The van der Waals surface area contributed by atoms with Gasteiger partial charge in [-0.2, -0.15) is 13.2 Å². The van der Waals surface area contributed by atoms with Crippen molar-refractivity contribution in [2.24, 2.45) is 39.9 Å². The molecule has 178 valence electrons. The van der Waals surface area contributed by atoms with Crippen LogP contribution in [0.2, 0.25) is 0 Å². The first-order valence-electron chi connectivity index (χ1n) is 11.8. The van der Waals surface area contributed by atoms with Gasteiger partial charge in [0.2, 0.25) is 11.7 Å². The second-order valence-electron chi connectivity index (χ2n) is 11.7. The molecule has 1 unspecified atom stereocenters. The average Bonchev–Trinajstić information content (AvgIpc) is 3.04. The zero-order chi connectivity index (χ0) is 23.7. The number of rotatable bonds is 4. The number of hydrogen-bond donors (Lipinski definition) is 1. The molecule has 4 nitrogen and oxygen atoms in total. The Kier molecular flexibility index (Phi) is 5.45. The van der Waals surface area contributed by atoms with Gasteiger partial charge in [-0.05, 0) is 67.8 Å². The molecule has 7 atom stereocenters. The second kappa shape index (κ2) is 7.42. The summed E-state index contributed by atoms with van der Waals surface area (Å²) in [5.41, 5.74) is -2.07. The minimum Gasteiger partial charge on any atom is -0.349 e. The summed E-state index contributed by atoms with van der Waals surface area (Å²) in [6, 6.07) is 0.138. The van der Waals surface area contributed by atoms with Gasteiger partial charge in [0.05, 0.1) is 0 Å². The van der Waals surface area contributed by atoms with Gasteiger partial charge in [-0.25, -0.2) is 0 Å². The number of carbonyl (C=O) groups is 3. The molecule has 7 heteroatoms. The number of fused-ring (bicyclic) bond motifs is 5. The van der Waals surface area contributed by atoms with Crippen molar-refractivity contribution < 1.29 is 27.6 Å². The van der Waals surface area contributed by atoms with Gasteiger partial charge in [0.1, 0.15) is 5.78 Å². The van der Waals surface area contributed by atoms with E-state index >= 15 is 0 Å². The summed E-state index contributed by atoms with van der Waals surface area (Å²) >= 11 is 0. The molecule has 32 heavy (non-hydrogen) atoms. The molecular weight excluding hydrogens is 419 g/mol. The number of Topliss-reactive ketones (excluding diaryl/α,β-unsaturated/α-hetero) is 2. The maximum absolute atomic E-state index is 13.3. The summed E-state index contributed by atoms with van der Waals surface area (Å²) in [6.07, 6.45) is 3.73. The molecule has 1 aliphatic heterocycles. The highest BCUT2D eigenvalue weighted by Crippen LogP contribution is 2.65. The van der Waals surface area contributed by atoms with Crippen molar-refractivity contribution in [3.63, 3.8) is 0 Å². The molecule has 0 aromatic rings. The van der Waals surface area contributed by atoms with E-state index in [-0.39, 0.29) is 40.9 Å². The summed E-state index contributed by atoms with van der Waals surface area (Å²) < 4.78 is 39.0. The number of amides is 1. The molecule has 0 spiro atoms. The lowest BCUT2D eigenvalue weighted by Crippen LogP contribution is -2.59. The molecule has 1 heterocycles. The first kappa shape index (κ1) is 23.5. The van der Waals surface area contributed by atoms with Gasteiger partial charge in [0, 0.05) is 29.2 Å². The number of carbonyl (C=O) groups excluding carboxylic acids is 3. The standard InChI is InChI=1S/C25H34F3NO3/c1-22(2,21(32)25(26,27)28)13-18(30)17-7-6-15-14-5-8-19-24(4,12-10-20(31)29-19)16(14)9-11-23(15,17)3/h10,12,14-17,19H,5-9,11,13H2,1-4H3,(H,29,31)/t14-,15-,16-,17+,19?,23-,24+/m0/s1. The number of hydrogen-bond acceptors (Lipinski definition) is 3. The third-order valence-electron chi connectivity index (χ3n) is 9.56. The lowest BCUT2D eigenvalue weighted by Gasteiger charge is -2.58. The highest BCUT2D eigenvalue weighted by Gasteiger charge is 2.61. The normalized spacial score (nSPS) is 41.3. The smallest absolute Gasteiger partial charge is 0.349 e. The maximum atomic E-state index is 13.3. The summed E-state index contributed by atoms with van der Waals surface area (Å²) in [5.74, 6) is -1.12. The number of alkyl halides is 3. The molecule has 0 aromatic carbocycles. The van der Waals surface area contributed by atoms with Crippen LogP contribution in [0, 0.1) is 39.9 Å². The summed E-state index contributed by atoms with van der Waals surface area (Å²) in [7, 11) is 0. The van der Waals surface area contributed by atoms with E-state index in [0.29, 0.717) is 24.2 Å². The van der Waals surface area contributed by atoms with Crippen molar-refractivity contribution >= 4 is 17.5 Å². The van der Waals surface area contributed by atoms with Crippen LogP contribution in [-0.2, 0) is 14.4 Å². The molecule has 3 saturated carbocycles. The SMILES string of the molecule is CC(C)(CC(=O)[C@H]1CC[C@H]2[C@@H]3CCC4NC(=O)C=C[C@]4(C)[C@H]3CC[C@]12C)C(=O)C(F)(F)F. The van der Waals surface area contributed by atoms with Crippen molar-refractivity contribution in [1.29, 1.82) is 0 Å². The zero-order valence-electron chi connectivity index (χ0n) is 19.3. The van der Waals surface area contributed by atoms with Crippen LogP contribution >= 0.6 is 0 Å². The maximum Gasteiger partial charge on any atom is 0.450 e. The second-order valence-corrected chi connectivity index (χ2v) is 11.7. The molecule has 0 radical (unpaired) electrons. The molecule has 3 fully saturated rings. The fraction of sp³-hybridized carbons (Fsp3) is 0.800. The van der Waals surface area contributed by atoms with E-state index in [1.807, 2.05) is 0 Å². The van der Waals surface area contributed by atoms with Crippen LogP contribution in [0.5, 0.6) is 0 Å². The minimum atomic E-state index is -4.93. The van der Waals surface area contributed by atoms with Crippen LogP contribution in [-0.4, -0.2) is 29.7 Å². The Bertz CT molecular complexity index is 863.